The molecule has 0 amide bonds. The van der Waals surface area contributed by atoms with E-state index < -0.39 is 0 Å². The Balaban J connectivity index is 1.60. The van der Waals surface area contributed by atoms with Crippen LogP contribution in [0.4, 0.5) is 0 Å². The van der Waals surface area contributed by atoms with Crippen LogP contribution in [0, 0.1) is 0 Å². The quantitative estimate of drug-likeness (QED) is 0.687. The van der Waals surface area contributed by atoms with Crippen LogP contribution < -0.4 is 5.32 Å². The molecule has 1 aromatic carbocycles. The summed E-state index contributed by atoms with van der Waals surface area (Å²) in [4.78, 5) is 2.45. The molecule has 0 unspecified atom stereocenters. The molecule has 0 aliphatic carbocycles. The summed E-state index contributed by atoms with van der Waals surface area (Å²) in [5.41, 5.74) is 3.68. The lowest BCUT2D eigenvalue weighted by atomic mass is 9.79. The molecule has 2 heterocycles. The monoisotopic (exact) mass is 414 g/mol. The lowest BCUT2D eigenvalue weighted by Crippen LogP contribution is -2.37. The van der Waals surface area contributed by atoms with Crippen molar-refractivity contribution in [2.24, 2.45) is 0 Å². The summed E-state index contributed by atoms with van der Waals surface area (Å²) in [5.74, 6) is 1.23. The van der Waals surface area contributed by atoms with Crippen molar-refractivity contribution in [3.8, 4) is 11.5 Å². The van der Waals surface area contributed by atoms with E-state index in [2.05, 4.69) is 80.2 Å². The Kier molecular flexibility index (Phi) is 7.32. The molecule has 0 radical (unpaired) electrons. The average Bonchev–Trinajstić information content (AvgIpc) is 3.16. The van der Waals surface area contributed by atoms with E-state index in [0.717, 1.165) is 51.4 Å². The van der Waals surface area contributed by atoms with Gasteiger partial charge in [0, 0.05) is 18.7 Å². The molecule has 2 aromatic rings. The Bertz CT molecular complexity index is 779. The molecule has 1 aliphatic rings. The standard InChI is InChI=1S/C24H38N4O2/c1-23(2,3)19-14-18(15-20(16-19)24(4,5)6)22-27-26-21(30-22)17-25-8-7-9-28-10-12-29-13-11-28/h14-16,25H,7-13,17H2,1-6H3. The Morgan fingerprint density at radius 2 is 1.57 bits per heavy atom. The van der Waals surface area contributed by atoms with Crippen molar-refractivity contribution in [1.29, 1.82) is 0 Å². The summed E-state index contributed by atoms with van der Waals surface area (Å²) < 4.78 is 11.4. The highest BCUT2D eigenvalue weighted by molar-refractivity contribution is 5.57. The number of morpholine rings is 1. The molecule has 0 atom stereocenters. The summed E-state index contributed by atoms with van der Waals surface area (Å²) in [6.07, 6.45) is 1.10. The topological polar surface area (TPSA) is 63.4 Å². The number of ether oxygens (including phenoxy) is 1. The summed E-state index contributed by atoms with van der Waals surface area (Å²) in [6.45, 7) is 19.8. The van der Waals surface area contributed by atoms with Crippen molar-refractivity contribution in [3.63, 3.8) is 0 Å². The molecule has 1 saturated heterocycles. The van der Waals surface area contributed by atoms with Gasteiger partial charge in [-0.05, 0) is 53.6 Å². The van der Waals surface area contributed by atoms with Gasteiger partial charge in [0.1, 0.15) is 0 Å². The molecular formula is C24H38N4O2. The maximum absolute atomic E-state index is 5.99. The van der Waals surface area contributed by atoms with E-state index in [1.54, 1.807) is 0 Å². The number of hydrogen-bond acceptors (Lipinski definition) is 6. The van der Waals surface area contributed by atoms with Crippen molar-refractivity contribution in [1.82, 2.24) is 20.4 Å². The fourth-order valence-electron chi connectivity index (χ4n) is 3.51. The Morgan fingerprint density at radius 1 is 0.933 bits per heavy atom. The minimum atomic E-state index is 0.0564. The maximum Gasteiger partial charge on any atom is 0.247 e. The zero-order chi connectivity index (χ0) is 21.8. The molecule has 166 valence electrons. The van der Waals surface area contributed by atoms with E-state index in [-0.39, 0.29) is 10.8 Å². The van der Waals surface area contributed by atoms with E-state index in [1.165, 1.54) is 11.1 Å². The molecule has 1 fully saturated rings. The number of rotatable bonds is 7. The van der Waals surface area contributed by atoms with Gasteiger partial charge in [0.15, 0.2) is 0 Å². The number of nitrogens with one attached hydrogen (secondary N) is 1. The molecule has 1 aliphatic heterocycles. The van der Waals surface area contributed by atoms with E-state index in [0.29, 0.717) is 18.3 Å². The summed E-state index contributed by atoms with van der Waals surface area (Å²) in [6, 6.07) is 6.67. The lowest BCUT2D eigenvalue weighted by molar-refractivity contribution is 0.0374. The van der Waals surface area contributed by atoms with Gasteiger partial charge < -0.3 is 14.5 Å². The van der Waals surface area contributed by atoms with Crippen LogP contribution in [0.3, 0.4) is 0 Å². The third-order valence-electron chi connectivity index (χ3n) is 5.59. The molecule has 3 rings (SSSR count). The third-order valence-corrected chi connectivity index (χ3v) is 5.59. The maximum atomic E-state index is 5.99. The second-order valence-corrected chi connectivity index (χ2v) is 10.3. The first-order chi connectivity index (χ1) is 14.1. The zero-order valence-corrected chi connectivity index (χ0v) is 19.5. The SMILES string of the molecule is CC(C)(C)c1cc(-c2nnc(CNCCCN3CCOCC3)o2)cc(C(C)(C)C)c1. The van der Waals surface area contributed by atoms with E-state index >= 15 is 0 Å². The number of nitrogens with zero attached hydrogens (tertiary/aromatic N) is 3. The van der Waals surface area contributed by atoms with E-state index in [9.17, 15) is 0 Å². The van der Waals surface area contributed by atoms with Gasteiger partial charge in [-0.1, -0.05) is 47.6 Å². The van der Waals surface area contributed by atoms with Crippen LogP contribution in [0.25, 0.3) is 11.5 Å². The predicted molar refractivity (Wildman–Crippen MR) is 121 cm³/mol. The van der Waals surface area contributed by atoms with Gasteiger partial charge in [0.05, 0.1) is 19.8 Å². The minimum Gasteiger partial charge on any atom is -0.419 e. The summed E-state index contributed by atoms with van der Waals surface area (Å²) >= 11 is 0. The zero-order valence-electron chi connectivity index (χ0n) is 19.5. The first-order valence-corrected chi connectivity index (χ1v) is 11.1. The van der Waals surface area contributed by atoms with Crippen molar-refractivity contribution in [3.05, 3.63) is 35.2 Å². The molecule has 1 N–H and O–H groups in total. The lowest BCUT2D eigenvalue weighted by Gasteiger charge is -2.26. The van der Waals surface area contributed by atoms with Crippen LogP contribution in [0.15, 0.2) is 22.6 Å². The Hall–Kier alpha value is -1.76. The van der Waals surface area contributed by atoms with Crippen LogP contribution in [-0.2, 0) is 22.1 Å². The molecule has 6 nitrogen and oxygen atoms in total. The highest BCUT2D eigenvalue weighted by Gasteiger charge is 2.22. The second-order valence-electron chi connectivity index (χ2n) is 10.3. The van der Waals surface area contributed by atoms with Gasteiger partial charge in [0.2, 0.25) is 11.8 Å². The van der Waals surface area contributed by atoms with Crippen molar-refractivity contribution >= 4 is 0 Å². The fourth-order valence-corrected chi connectivity index (χ4v) is 3.51. The fraction of sp³-hybridized carbons (Fsp3) is 0.667. The second kappa shape index (κ2) is 9.58. The van der Waals surface area contributed by atoms with Crippen molar-refractivity contribution in [2.75, 3.05) is 39.4 Å². The minimum absolute atomic E-state index is 0.0564. The number of benzene rings is 1. The first kappa shape index (κ1) is 22.9. The number of hydrogen-bond donors (Lipinski definition) is 1. The molecule has 0 bridgehead atoms. The molecule has 6 heteroatoms. The van der Waals surface area contributed by atoms with E-state index in [4.69, 9.17) is 9.15 Å². The van der Waals surface area contributed by atoms with Gasteiger partial charge in [-0.25, -0.2) is 0 Å². The van der Waals surface area contributed by atoms with Gasteiger partial charge in [-0.2, -0.15) is 0 Å². The smallest absolute Gasteiger partial charge is 0.247 e. The van der Waals surface area contributed by atoms with E-state index in [1.807, 2.05) is 0 Å². The summed E-state index contributed by atoms with van der Waals surface area (Å²) in [7, 11) is 0. The highest BCUT2D eigenvalue weighted by Crippen LogP contribution is 2.33. The first-order valence-electron chi connectivity index (χ1n) is 11.1. The van der Waals surface area contributed by atoms with Crippen molar-refractivity contribution in [2.45, 2.75) is 65.3 Å². The largest absolute Gasteiger partial charge is 0.419 e. The Labute approximate surface area is 181 Å². The number of aromatic nitrogens is 2. The molecular weight excluding hydrogens is 376 g/mol. The predicted octanol–water partition coefficient (Wildman–Crippen LogP) is 4.14. The summed E-state index contributed by atoms with van der Waals surface area (Å²) in [5, 5.41) is 12.0. The van der Waals surface area contributed by atoms with Crippen LogP contribution in [0.2, 0.25) is 0 Å². The van der Waals surface area contributed by atoms with Crippen LogP contribution >= 0.6 is 0 Å². The normalized spacial score (nSPS) is 16.2. The molecule has 0 saturated carbocycles. The van der Waals surface area contributed by atoms with Gasteiger partial charge in [0.25, 0.3) is 0 Å². The highest BCUT2D eigenvalue weighted by atomic mass is 16.5. The van der Waals surface area contributed by atoms with Crippen LogP contribution in [-0.4, -0.2) is 54.5 Å². The molecule has 1 aromatic heterocycles. The molecule has 30 heavy (non-hydrogen) atoms. The van der Waals surface area contributed by atoms with Crippen LogP contribution in [0.5, 0.6) is 0 Å². The van der Waals surface area contributed by atoms with Crippen LogP contribution in [0.1, 0.15) is 65.0 Å². The van der Waals surface area contributed by atoms with Gasteiger partial charge >= 0.3 is 0 Å². The Morgan fingerprint density at radius 3 is 2.17 bits per heavy atom. The molecule has 0 spiro atoms. The van der Waals surface area contributed by atoms with Crippen molar-refractivity contribution < 1.29 is 9.15 Å². The van der Waals surface area contributed by atoms with Gasteiger partial charge in [-0.15, -0.1) is 10.2 Å². The average molecular weight is 415 g/mol. The van der Waals surface area contributed by atoms with Gasteiger partial charge in [-0.3, -0.25) is 4.90 Å². The third kappa shape index (κ3) is 6.37.